The van der Waals surface area contributed by atoms with Gasteiger partial charge in [0.05, 0.1) is 6.61 Å². The van der Waals surface area contributed by atoms with E-state index in [1.165, 1.54) is 0 Å². The Hall–Kier alpha value is -2.13. The minimum absolute atomic E-state index is 0.0213. The van der Waals surface area contributed by atoms with Crippen LogP contribution in [0.4, 0.5) is 0 Å². The van der Waals surface area contributed by atoms with Crippen molar-refractivity contribution in [1.82, 2.24) is 0 Å². The maximum atomic E-state index is 10.7. The number of hydrogen-bond acceptors (Lipinski definition) is 2. The number of aliphatic hydroxyl groups excluding tert-OH is 1. The van der Waals surface area contributed by atoms with Crippen LogP contribution in [-0.2, 0) is 24.2 Å². The summed E-state index contributed by atoms with van der Waals surface area (Å²) in [6.45, 7) is 0.0213. The monoisotopic (exact) mass is 270 g/mol. The lowest BCUT2D eigenvalue weighted by atomic mass is 9.95. The molecular weight excluding hydrogens is 252 g/mol. The molecule has 0 fully saturated rings. The molecule has 104 valence electrons. The molecule has 0 saturated heterocycles. The molecule has 0 saturated carbocycles. The number of carboxylic acids is 1. The summed E-state index contributed by atoms with van der Waals surface area (Å²) in [6, 6.07) is 15.7. The number of carboxylic acid groups (broad SMARTS) is 1. The van der Waals surface area contributed by atoms with Crippen molar-refractivity contribution in [3.63, 3.8) is 0 Å². The standard InChI is InChI=1S/C17H18O3/c18-12-16-8-4-3-7-15(16)11-14-6-2-1-5-13(14)9-10-17(19)20/h1-8,18H,9-12H2,(H,19,20). The molecule has 2 rings (SSSR count). The van der Waals surface area contributed by atoms with Crippen molar-refractivity contribution in [2.24, 2.45) is 0 Å². The number of benzene rings is 2. The van der Waals surface area contributed by atoms with Crippen molar-refractivity contribution in [2.45, 2.75) is 25.9 Å². The average Bonchev–Trinajstić information content (AvgIpc) is 2.47. The SMILES string of the molecule is O=C(O)CCc1ccccc1Cc1ccccc1CO. The molecule has 0 unspecified atom stereocenters. The first-order chi connectivity index (χ1) is 9.70. The van der Waals surface area contributed by atoms with Gasteiger partial charge in [-0.2, -0.15) is 0 Å². The van der Waals surface area contributed by atoms with Crippen molar-refractivity contribution in [3.05, 3.63) is 70.8 Å². The molecule has 2 aromatic rings. The molecule has 0 heterocycles. The van der Waals surface area contributed by atoms with Crippen LogP contribution in [0.3, 0.4) is 0 Å². The van der Waals surface area contributed by atoms with Gasteiger partial charge in [-0.3, -0.25) is 4.79 Å². The molecular formula is C17H18O3. The van der Waals surface area contributed by atoms with Crippen LogP contribution in [0.5, 0.6) is 0 Å². The molecule has 0 bridgehead atoms. The molecule has 0 aliphatic heterocycles. The molecule has 0 atom stereocenters. The summed E-state index contributed by atoms with van der Waals surface area (Å²) < 4.78 is 0. The van der Waals surface area contributed by atoms with Crippen LogP contribution in [0.25, 0.3) is 0 Å². The second kappa shape index (κ2) is 6.87. The lowest BCUT2D eigenvalue weighted by Crippen LogP contribution is -2.02. The van der Waals surface area contributed by atoms with Crippen LogP contribution in [0.2, 0.25) is 0 Å². The topological polar surface area (TPSA) is 57.5 Å². The quantitative estimate of drug-likeness (QED) is 0.848. The highest BCUT2D eigenvalue weighted by Crippen LogP contribution is 2.18. The largest absolute Gasteiger partial charge is 0.481 e. The molecule has 0 radical (unpaired) electrons. The van der Waals surface area contributed by atoms with E-state index in [4.69, 9.17) is 5.11 Å². The average molecular weight is 270 g/mol. The molecule has 0 aliphatic rings. The third-order valence-corrected chi connectivity index (χ3v) is 3.40. The Labute approximate surface area is 118 Å². The number of aliphatic hydroxyl groups is 1. The van der Waals surface area contributed by atoms with Crippen LogP contribution in [0.1, 0.15) is 28.7 Å². The molecule has 3 heteroatoms. The minimum atomic E-state index is -0.782. The van der Waals surface area contributed by atoms with Gasteiger partial charge in [0, 0.05) is 6.42 Å². The normalized spacial score (nSPS) is 10.4. The van der Waals surface area contributed by atoms with E-state index < -0.39 is 5.97 Å². The summed E-state index contributed by atoms with van der Waals surface area (Å²) in [7, 11) is 0. The van der Waals surface area contributed by atoms with Gasteiger partial charge in [0.1, 0.15) is 0 Å². The van der Waals surface area contributed by atoms with Crippen molar-refractivity contribution in [1.29, 1.82) is 0 Å². The number of aliphatic carboxylic acids is 1. The van der Waals surface area contributed by atoms with Crippen molar-refractivity contribution in [2.75, 3.05) is 0 Å². The van der Waals surface area contributed by atoms with Gasteiger partial charge < -0.3 is 10.2 Å². The molecule has 2 aromatic carbocycles. The van der Waals surface area contributed by atoms with E-state index >= 15 is 0 Å². The Balaban J connectivity index is 2.22. The van der Waals surface area contributed by atoms with E-state index in [1.807, 2.05) is 48.5 Å². The predicted molar refractivity (Wildman–Crippen MR) is 77.6 cm³/mol. The van der Waals surface area contributed by atoms with E-state index in [2.05, 4.69) is 0 Å². The van der Waals surface area contributed by atoms with Crippen molar-refractivity contribution < 1.29 is 15.0 Å². The lowest BCUT2D eigenvalue weighted by Gasteiger charge is -2.11. The maximum Gasteiger partial charge on any atom is 0.303 e. The van der Waals surface area contributed by atoms with E-state index in [-0.39, 0.29) is 13.0 Å². The lowest BCUT2D eigenvalue weighted by molar-refractivity contribution is -0.136. The third-order valence-electron chi connectivity index (χ3n) is 3.40. The van der Waals surface area contributed by atoms with Gasteiger partial charge >= 0.3 is 5.97 Å². The molecule has 0 amide bonds. The van der Waals surface area contributed by atoms with Gasteiger partial charge in [0.15, 0.2) is 0 Å². The van der Waals surface area contributed by atoms with Crippen LogP contribution in [-0.4, -0.2) is 16.2 Å². The van der Waals surface area contributed by atoms with Crippen LogP contribution < -0.4 is 0 Å². The van der Waals surface area contributed by atoms with Gasteiger partial charge in [-0.05, 0) is 35.1 Å². The highest BCUT2D eigenvalue weighted by Gasteiger charge is 2.07. The first kappa shape index (κ1) is 14.3. The molecule has 2 N–H and O–H groups in total. The third kappa shape index (κ3) is 3.68. The molecule has 20 heavy (non-hydrogen) atoms. The highest BCUT2D eigenvalue weighted by atomic mass is 16.4. The predicted octanol–water partition coefficient (Wildman–Crippen LogP) is 2.79. The van der Waals surface area contributed by atoms with Crippen molar-refractivity contribution >= 4 is 5.97 Å². The Kier molecular flexibility index (Phi) is 4.91. The first-order valence-corrected chi connectivity index (χ1v) is 6.67. The van der Waals surface area contributed by atoms with Gasteiger partial charge in [-0.1, -0.05) is 48.5 Å². The zero-order chi connectivity index (χ0) is 14.4. The van der Waals surface area contributed by atoms with E-state index in [0.717, 1.165) is 22.3 Å². The number of carbonyl (C=O) groups is 1. The van der Waals surface area contributed by atoms with E-state index in [0.29, 0.717) is 12.8 Å². The van der Waals surface area contributed by atoms with E-state index in [1.54, 1.807) is 0 Å². The summed E-state index contributed by atoms with van der Waals surface area (Å²) in [5, 5.41) is 18.2. The molecule has 0 spiro atoms. The zero-order valence-corrected chi connectivity index (χ0v) is 11.2. The van der Waals surface area contributed by atoms with Gasteiger partial charge in [0.25, 0.3) is 0 Å². The number of rotatable bonds is 6. The second-order valence-electron chi connectivity index (χ2n) is 4.77. The second-order valence-corrected chi connectivity index (χ2v) is 4.77. The van der Waals surface area contributed by atoms with Crippen LogP contribution >= 0.6 is 0 Å². The summed E-state index contributed by atoms with van der Waals surface area (Å²) in [5.41, 5.74) is 4.18. The Morgan fingerprint density at radius 3 is 1.90 bits per heavy atom. The Morgan fingerprint density at radius 2 is 1.35 bits per heavy atom. The van der Waals surface area contributed by atoms with Gasteiger partial charge in [-0.15, -0.1) is 0 Å². The summed E-state index contributed by atoms with van der Waals surface area (Å²) in [5.74, 6) is -0.782. The fourth-order valence-electron chi connectivity index (χ4n) is 2.30. The van der Waals surface area contributed by atoms with Crippen molar-refractivity contribution in [3.8, 4) is 0 Å². The van der Waals surface area contributed by atoms with Crippen LogP contribution in [0, 0.1) is 0 Å². The molecule has 3 nitrogen and oxygen atoms in total. The molecule has 0 aromatic heterocycles. The fourth-order valence-corrected chi connectivity index (χ4v) is 2.30. The maximum absolute atomic E-state index is 10.7. The fraction of sp³-hybridized carbons (Fsp3) is 0.235. The highest BCUT2D eigenvalue weighted by molar-refractivity contribution is 5.67. The number of hydrogen-bond donors (Lipinski definition) is 2. The zero-order valence-electron chi connectivity index (χ0n) is 11.2. The smallest absolute Gasteiger partial charge is 0.303 e. The first-order valence-electron chi connectivity index (χ1n) is 6.67. The Bertz CT molecular complexity index is 590. The Morgan fingerprint density at radius 1 is 0.850 bits per heavy atom. The minimum Gasteiger partial charge on any atom is -0.481 e. The van der Waals surface area contributed by atoms with Gasteiger partial charge in [-0.25, -0.2) is 0 Å². The van der Waals surface area contributed by atoms with Gasteiger partial charge in [0.2, 0.25) is 0 Å². The summed E-state index contributed by atoms with van der Waals surface area (Å²) in [4.78, 5) is 10.7. The summed E-state index contributed by atoms with van der Waals surface area (Å²) in [6.07, 6.45) is 1.39. The van der Waals surface area contributed by atoms with E-state index in [9.17, 15) is 9.90 Å². The molecule has 0 aliphatic carbocycles. The number of aryl methyl sites for hydroxylation is 1. The van der Waals surface area contributed by atoms with Crippen LogP contribution in [0.15, 0.2) is 48.5 Å². The summed E-state index contributed by atoms with van der Waals surface area (Å²) >= 11 is 0.